The Morgan fingerprint density at radius 2 is 1.54 bits per heavy atom. The minimum atomic E-state index is -0.449. The van der Waals surface area contributed by atoms with Gasteiger partial charge < -0.3 is 9.47 Å². The highest BCUT2D eigenvalue weighted by Crippen LogP contribution is 2.20. The lowest BCUT2D eigenvalue weighted by atomic mass is 10.2. The Kier molecular flexibility index (Phi) is 5.14. The number of halogens is 1. The smallest absolute Gasteiger partial charge is 0.343 e. The zero-order valence-electron chi connectivity index (χ0n) is 12.8. The van der Waals surface area contributed by atoms with Crippen LogP contribution >= 0.6 is 11.6 Å². The molecule has 0 saturated heterocycles. The van der Waals surface area contributed by atoms with Crippen LogP contribution < -0.4 is 9.47 Å². The van der Waals surface area contributed by atoms with E-state index in [1.54, 1.807) is 48.5 Å². The van der Waals surface area contributed by atoms with Crippen molar-refractivity contribution in [3.8, 4) is 11.5 Å². The van der Waals surface area contributed by atoms with Crippen molar-refractivity contribution in [2.75, 3.05) is 0 Å². The van der Waals surface area contributed by atoms with Crippen LogP contribution in [-0.2, 0) is 6.61 Å². The van der Waals surface area contributed by atoms with Gasteiger partial charge in [0.05, 0.1) is 5.56 Å². The summed E-state index contributed by atoms with van der Waals surface area (Å²) in [4.78, 5) is 12.0. The van der Waals surface area contributed by atoms with E-state index in [0.29, 0.717) is 28.7 Å². The number of benzene rings is 3. The molecule has 0 radical (unpaired) electrons. The number of hydrogen-bond acceptors (Lipinski definition) is 3. The van der Waals surface area contributed by atoms with Gasteiger partial charge in [-0.1, -0.05) is 48.0 Å². The van der Waals surface area contributed by atoms with Crippen molar-refractivity contribution in [2.45, 2.75) is 6.61 Å². The van der Waals surface area contributed by atoms with E-state index in [2.05, 4.69) is 0 Å². The van der Waals surface area contributed by atoms with E-state index >= 15 is 0 Å². The van der Waals surface area contributed by atoms with Crippen molar-refractivity contribution in [3.05, 3.63) is 95.0 Å². The number of esters is 1. The molecule has 3 aromatic carbocycles. The van der Waals surface area contributed by atoms with Crippen LogP contribution in [0.15, 0.2) is 78.9 Å². The summed E-state index contributed by atoms with van der Waals surface area (Å²) in [6.45, 7) is 0.489. The average Bonchev–Trinajstić information content (AvgIpc) is 2.62. The molecule has 0 saturated carbocycles. The van der Waals surface area contributed by atoms with Crippen LogP contribution in [0.2, 0.25) is 5.02 Å². The third-order valence-electron chi connectivity index (χ3n) is 3.34. The first kappa shape index (κ1) is 16.1. The number of rotatable bonds is 5. The molecule has 0 aromatic heterocycles. The molecule has 120 valence electrons. The van der Waals surface area contributed by atoms with Crippen molar-refractivity contribution in [3.63, 3.8) is 0 Å². The number of hydrogen-bond donors (Lipinski definition) is 0. The second-order valence-electron chi connectivity index (χ2n) is 5.15. The Labute approximate surface area is 145 Å². The first-order chi connectivity index (χ1) is 11.7. The summed E-state index contributed by atoms with van der Waals surface area (Å²) in [5.41, 5.74) is 1.50. The van der Waals surface area contributed by atoms with Gasteiger partial charge in [0.25, 0.3) is 0 Å². The largest absolute Gasteiger partial charge is 0.489 e. The van der Waals surface area contributed by atoms with Crippen LogP contribution in [0.5, 0.6) is 11.5 Å². The molecular formula is C20H15ClO3. The molecule has 0 aliphatic heterocycles. The van der Waals surface area contributed by atoms with Gasteiger partial charge in [-0.05, 0) is 48.0 Å². The zero-order chi connectivity index (χ0) is 16.8. The SMILES string of the molecule is O=C(Oc1ccc(OCc2ccccc2)cc1)c1cccc(Cl)c1. The minimum absolute atomic E-state index is 0.409. The molecule has 0 fully saturated rings. The van der Waals surface area contributed by atoms with E-state index in [0.717, 1.165) is 5.56 Å². The molecule has 0 bridgehead atoms. The molecule has 0 N–H and O–H groups in total. The van der Waals surface area contributed by atoms with Crippen LogP contribution in [0.4, 0.5) is 0 Å². The molecule has 0 heterocycles. The highest BCUT2D eigenvalue weighted by molar-refractivity contribution is 6.30. The fraction of sp³-hybridized carbons (Fsp3) is 0.0500. The average molecular weight is 339 g/mol. The molecule has 3 aromatic rings. The van der Waals surface area contributed by atoms with Crippen molar-refractivity contribution < 1.29 is 14.3 Å². The standard InChI is InChI=1S/C20H15ClO3/c21-17-8-4-7-16(13-17)20(22)24-19-11-9-18(10-12-19)23-14-15-5-2-1-3-6-15/h1-13H,14H2. The maximum atomic E-state index is 12.0. The molecular weight excluding hydrogens is 324 g/mol. The molecule has 24 heavy (non-hydrogen) atoms. The van der Waals surface area contributed by atoms with Gasteiger partial charge in [0.15, 0.2) is 0 Å². The molecule has 0 atom stereocenters. The maximum Gasteiger partial charge on any atom is 0.343 e. The Morgan fingerprint density at radius 1 is 0.833 bits per heavy atom. The summed E-state index contributed by atoms with van der Waals surface area (Å²) in [6, 6.07) is 23.5. The molecule has 0 aliphatic carbocycles. The summed E-state index contributed by atoms with van der Waals surface area (Å²) in [6.07, 6.45) is 0. The first-order valence-electron chi connectivity index (χ1n) is 7.45. The Balaban J connectivity index is 1.59. The number of ether oxygens (including phenoxy) is 2. The van der Waals surface area contributed by atoms with E-state index in [4.69, 9.17) is 21.1 Å². The lowest BCUT2D eigenvalue weighted by molar-refractivity contribution is 0.0734. The molecule has 0 amide bonds. The second-order valence-corrected chi connectivity index (χ2v) is 5.58. The van der Waals surface area contributed by atoms with Gasteiger partial charge in [-0.2, -0.15) is 0 Å². The van der Waals surface area contributed by atoms with Crippen molar-refractivity contribution in [1.29, 1.82) is 0 Å². The topological polar surface area (TPSA) is 35.5 Å². The first-order valence-corrected chi connectivity index (χ1v) is 7.83. The fourth-order valence-electron chi connectivity index (χ4n) is 2.13. The zero-order valence-corrected chi connectivity index (χ0v) is 13.6. The van der Waals surface area contributed by atoms with Crippen LogP contribution in [0.3, 0.4) is 0 Å². The highest BCUT2D eigenvalue weighted by Gasteiger charge is 2.09. The highest BCUT2D eigenvalue weighted by atomic mass is 35.5. The fourth-order valence-corrected chi connectivity index (χ4v) is 2.32. The van der Waals surface area contributed by atoms with Crippen molar-refractivity contribution in [1.82, 2.24) is 0 Å². The molecule has 0 aliphatic rings. The Hall–Kier alpha value is -2.78. The third-order valence-corrected chi connectivity index (χ3v) is 3.58. The molecule has 3 rings (SSSR count). The number of carbonyl (C=O) groups excluding carboxylic acids is 1. The van der Waals surface area contributed by atoms with Gasteiger partial charge >= 0.3 is 5.97 Å². The maximum absolute atomic E-state index is 12.0. The van der Waals surface area contributed by atoms with Gasteiger partial charge in [0, 0.05) is 5.02 Å². The molecule has 4 heteroatoms. The van der Waals surface area contributed by atoms with Gasteiger partial charge in [-0.3, -0.25) is 0 Å². The Morgan fingerprint density at radius 3 is 2.25 bits per heavy atom. The number of carbonyl (C=O) groups is 1. The summed E-state index contributed by atoms with van der Waals surface area (Å²) in [5, 5.41) is 0.495. The second kappa shape index (κ2) is 7.66. The predicted octanol–water partition coefficient (Wildman–Crippen LogP) is 5.14. The lowest BCUT2D eigenvalue weighted by Gasteiger charge is -2.08. The van der Waals surface area contributed by atoms with Crippen molar-refractivity contribution in [2.24, 2.45) is 0 Å². The van der Waals surface area contributed by atoms with E-state index in [9.17, 15) is 4.79 Å². The molecule has 0 unspecified atom stereocenters. The van der Waals surface area contributed by atoms with E-state index in [1.165, 1.54) is 0 Å². The Bertz CT molecular complexity index is 814. The van der Waals surface area contributed by atoms with Crippen LogP contribution in [-0.4, -0.2) is 5.97 Å². The van der Waals surface area contributed by atoms with Gasteiger partial charge in [0.1, 0.15) is 18.1 Å². The predicted molar refractivity (Wildman–Crippen MR) is 93.6 cm³/mol. The summed E-state index contributed by atoms with van der Waals surface area (Å²) < 4.78 is 11.0. The minimum Gasteiger partial charge on any atom is -0.489 e. The quantitative estimate of drug-likeness (QED) is 0.477. The summed E-state index contributed by atoms with van der Waals surface area (Å²) in [7, 11) is 0. The van der Waals surface area contributed by atoms with E-state index in [1.807, 2.05) is 30.3 Å². The normalized spacial score (nSPS) is 10.2. The van der Waals surface area contributed by atoms with E-state index < -0.39 is 5.97 Å². The van der Waals surface area contributed by atoms with Crippen LogP contribution in [0, 0.1) is 0 Å². The third kappa shape index (κ3) is 4.37. The molecule has 3 nitrogen and oxygen atoms in total. The monoisotopic (exact) mass is 338 g/mol. The summed E-state index contributed by atoms with van der Waals surface area (Å²) in [5.74, 6) is 0.712. The lowest BCUT2D eigenvalue weighted by Crippen LogP contribution is -2.08. The van der Waals surface area contributed by atoms with Gasteiger partial charge in [-0.25, -0.2) is 4.79 Å². The summed E-state index contributed by atoms with van der Waals surface area (Å²) >= 11 is 5.87. The van der Waals surface area contributed by atoms with E-state index in [-0.39, 0.29) is 0 Å². The van der Waals surface area contributed by atoms with Crippen LogP contribution in [0.1, 0.15) is 15.9 Å². The van der Waals surface area contributed by atoms with Crippen molar-refractivity contribution >= 4 is 17.6 Å². The van der Waals surface area contributed by atoms with Crippen LogP contribution in [0.25, 0.3) is 0 Å². The molecule has 0 spiro atoms. The van der Waals surface area contributed by atoms with Gasteiger partial charge in [0.2, 0.25) is 0 Å². The van der Waals surface area contributed by atoms with Gasteiger partial charge in [-0.15, -0.1) is 0 Å².